The zero-order valence-electron chi connectivity index (χ0n) is 15.4. The van der Waals surface area contributed by atoms with Gasteiger partial charge in [-0.3, -0.25) is 9.69 Å². The monoisotopic (exact) mass is 340 g/mol. The van der Waals surface area contributed by atoms with Crippen molar-refractivity contribution in [3.05, 3.63) is 59.0 Å². The fourth-order valence-corrected chi connectivity index (χ4v) is 3.46. The van der Waals surface area contributed by atoms with E-state index >= 15 is 0 Å². The van der Waals surface area contributed by atoms with Gasteiger partial charge in [-0.25, -0.2) is 0 Å². The standard InChI is InChI=1S/C21H28N2O2/c1-15-9-11-23(12-10-15)19(20-8-7-17(3)25-20)14-22-21(24)18-6-4-5-16(2)13-18/h4-8,13,15,19H,9-12,14H2,1-3H3,(H,22,24)/t19-/m1/s1. The van der Waals surface area contributed by atoms with Crippen molar-refractivity contribution in [3.63, 3.8) is 0 Å². The van der Waals surface area contributed by atoms with Crippen LogP contribution in [0.2, 0.25) is 0 Å². The first-order valence-electron chi connectivity index (χ1n) is 9.18. The summed E-state index contributed by atoms with van der Waals surface area (Å²) in [4.78, 5) is 15.0. The smallest absolute Gasteiger partial charge is 0.251 e. The van der Waals surface area contributed by atoms with Crippen LogP contribution in [0.15, 0.2) is 40.8 Å². The Hall–Kier alpha value is -2.07. The normalized spacial score (nSPS) is 17.4. The number of benzene rings is 1. The predicted molar refractivity (Wildman–Crippen MR) is 99.7 cm³/mol. The Morgan fingerprint density at radius 1 is 1.24 bits per heavy atom. The van der Waals surface area contributed by atoms with Gasteiger partial charge in [-0.05, 0) is 70.0 Å². The average molecular weight is 340 g/mol. The van der Waals surface area contributed by atoms with Crippen molar-refractivity contribution in [1.29, 1.82) is 0 Å². The third-order valence-corrected chi connectivity index (χ3v) is 5.08. The molecule has 1 atom stereocenters. The number of rotatable bonds is 5. The molecule has 0 aliphatic carbocycles. The molecule has 0 spiro atoms. The van der Waals surface area contributed by atoms with Gasteiger partial charge in [-0.1, -0.05) is 24.6 Å². The van der Waals surface area contributed by atoms with Gasteiger partial charge in [0.05, 0.1) is 6.04 Å². The highest BCUT2D eigenvalue weighted by atomic mass is 16.3. The van der Waals surface area contributed by atoms with Crippen molar-refractivity contribution in [2.24, 2.45) is 5.92 Å². The number of nitrogens with one attached hydrogen (secondary N) is 1. The van der Waals surface area contributed by atoms with Crippen LogP contribution in [0, 0.1) is 19.8 Å². The summed E-state index contributed by atoms with van der Waals surface area (Å²) in [6.45, 7) is 8.93. The number of aryl methyl sites for hydroxylation is 2. The first kappa shape index (κ1) is 17.7. The van der Waals surface area contributed by atoms with Crippen molar-refractivity contribution in [3.8, 4) is 0 Å². The van der Waals surface area contributed by atoms with E-state index in [0.29, 0.717) is 12.1 Å². The van der Waals surface area contributed by atoms with Gasteiger partial charge >= 0.3 is 0 Å². The molecule has 4 nitrogen and oxygen atoms in total. The van der Waals surface area contributed by atoms with Crippen LogP contribution in [0.1, 0.15) is 53.2 Å². The Bertz CT molecular complexity index is 714. The highest BCUT2D eigenvalue weighted by Gasteiger charge is 2.27. The summed E-state index contributed by atoms with van der Waals surface area (Å²) in [6.07, 6.45) is 2.39. The van der Waals surface area contributed by atoms with Crippen molar-refractivity contribution in [1.82, 2.24) is 10.2 Å². The maximum absolute atomic E-state index is 12.5. The van der Waals surface area contributed by atoms with E-state index in [1.54, 1.807) is 0 Å². The lowest BCUT2D eigenvalue weighted by Gasteiger charge is -2.35. The van der Waals surface area contributed by atoms with Crippen LogP contribution in [-0.2, 0) is 0 Å². The Kier molecular flexibility index (Phi) is 5.59. The Balaban J connectivity index is 1.70. The van der Waals surface area contributed by atoms with E-state index in [2.05, 4.69) is 17.1 Å². The predicted octanol–water partition coefficient (Wildman–Crippen LogP) is 4.10. The third-order valence-electron chi connectivity index (χ3n) is 5.08. The molecule has 1 amide bonds. The lowest BCUT2D eigenvalue weighted by molar-refractivity contribution is 0.0895. The number of piperidine rings is 1. The summed E-state index contributed by atoms with van der Waals surface area (Å²) in [7, 11) is 0. The van der Waals surface area contributed by atoms with E-state index in [9.17, 15) is 4.79 Å². The van der Waals surface area contributed by atoms with Gasteiger partial charge in [-0.2, -0.15) is 0 Å². The van der Waals surface area contributed by atoms with Gasteiger partial charge in [0.2, 0.25) is 0 Å². The molecule has 25 heavy (non-hydrogen) atoms. The van der Waals surface area contributed by atoms with Crippen LogP contribution >= 0.6 is 0 Å². The minimum atomic E-state index is -0.0256. The van der Waals surface area contributed by atoms with E-state index < -0.39 is 0 Å². The molecule has 2 aromatic rings. The van der Waals surface area contributed by atoms with Crippen LogP contribution in [0.25, 0.3) is 0 Å². The van der Waals surface area contributed by atoms with Gasteiger partial charge in [-0.15, -0.1) is 0 Å². The molecule has 0 bridgehead atoms. The van der Waals surface area contributed by atoms with E-state index in [1.165, 1.54) is 12.8 Å². The van der Waals surface area contributed by atoms with Crippen molar-refractivity contribution >= 4 is 5.91 Å². The molecule has 4 heteroatoms. The number of carbonyl (C=O) groups excluding carboxylic acids is 1. The molecule has 3 rings (SSSR count). The van der Waals surface area contributed by atoms with E-state index in [0.717, 1.165) is 36.1 Å². The molecule has 134 valence electrons. The summed E-state index contributed by atoms with van der Waals surface area (Å²) in [5.74, 6) is 2.60. The minimum absolute atomic E-state index is 0.0256. The molecule has 1 fully saturated rings. The molecule has 1 N–H and O–H groups in total. The molecule has 0 saturated carbocycles. The van der Waals surface area contributed by atoms with Crippen molar-refractivity contribution < 1.29 is 9.21 Å². The quantitative estimate of drug-likeness (QED) is 0.891. The lowest BCUT2D eigenvalue weighted by Crippen LogP contribution is -2.41. The molecule has 0 unspecified atom stereocenters. The number of furan rings is 1. The second kappa shape index (κ2) is 7.87. The molecule has 1 aromatic heterocycles. The Morgan fingerprint density at radius 3 is 2.64 bits per heavy atom. The van der Waals surface area contributed by atoms with Crippen LogP contribution < -0.4 is 5.32 Å². The molecule has 1 aromatic carbocycles. The molecule has 1 saturated heterocycles. The number of nitrogens with zero attached hydrogens (tertiary/aromatic N) is 1. The number of hydrogen-bond donors (Lipinski definition) is 1. The molecule has 1 aliphatic heterocycles. The fourth-order valence-electron chi connectivity index (χ4n) is 3.46. The van der Waals surface area contributed by atoms with Crippen LogP contribution in [0.3, 0.4) is 0 Å². The zero-order valence-corrected chi connectivity index (χ0v) is 15.4. The molecular weight excluding hydrogens is 312 g/mol. The topological polar surface area (TPSA) is 45.5 Å². The second-order valence-electron chi connectivity index (χ2n) is 7.26. The SMILES string of the molecule is Cc1cccc(C(=O)NC[C@H](c2ccc(C)o2)N2CCC(C)CC2)c1. The third kappa shape index (κ3) is 4.51. The fraction of sp³-hybridized carbons (Fsp3) is 0.476. The van der Waals surface area contributed by atoms with Gasteiger partial charge < -0.3 is 9.73 Å². The van der Waals surface area contributed by atoms with Gasteiger partial charge in [0.15, 0.2) is 0 Å². The molecule has 2 heterocycles. The summed E-state index contributed by atoms with van der Waals surface area (Å²) >= 11 is 0. The summed E-state index contributed by atoms with van der Waals surface area (Å²) in [6, 6.07) is 11.8. The molecular formula is C21H28N2O2. The second-order valence-corrected chi connectivity index (χ2v) is 7.26. The maximum Gasteiger partial charge on any atom is 0.251 e. The number of carbonyl (C=O) groups is 1. The first-order chi connectivity index (χ1) is 12.0. The van der Waals surface area contributed by atoms with E-state index in [-0.39, 0.29) is 11.9 Å². The Labute approximate surface area is 150 Å². The summed E-state index contributed by atoms with van der Waals surface area (Å²) in [5.41, 5.74) is 1.80. The van der Waals surface area contributed by atoms with Crippen molar-refractivity contribution in [2.45, 2.75) is 39.7 Å². The molecule has 1 aliphatic rings. The summed E-state index contributed by atoms with van der Waals surface area (Å²) in [5, 5.41) is 3.10. The van der Waals surface area contributed by atoms with Gasteiger partial charge in [0, 0.05) is 12.1 Å². The molecule has 0 radical (unpaired) electrons. The highest BCUT2D eigenvalue weighted by molar-refractivity contribution is 5.94. The average Bonchev–Trinajstić information content (AvgIpc) is 3.02. The zero-order chi connectivity index (χ0) is 17.8. The number of amides is 1. The van der Waals surface area contributed by atoms with Crippen LogP contribution in [0.5, 0.6) is 0 Å². The first-order valence-corrected chi connectivity index (χ1v) is 9.18. The lowest BCUT2D eigenvalue weighted by atomic mass is 9.97. The summed E-state index contributed by atoms with van der Waals surface area (Å²) < 4.78 is 5.89. The van der Waals surface area contributed by atoms with Gasteiger partial charge in [0.25, 0.3) is 5.91 Å². The van der Waals surface area contributed by atoms with E-state index in [1.807, 2.05) is 50.2 Å². The van der Waals surface area contributed by atoms with Gasteiger partial charge in [0.1, 0.15) is 11.5 Å². The van der Waals surface area contributed by atoms with Crippen molar-refractivity contribution in [2.75, 3.05) is 19.6 Å². The number of likely N-dealkylation sites (tertiary alicyclic amines) is 1. The minimum Gasteiger partial charge on any atom is -0.465 e. The Morgan fingerprint density at radius 2 is 2.00 bits per heavy atom. The largest absolute Gasteiger partial charge is 0.465 e. The van der Waals surface area contributed by atoms with Crippen LogP contribution in [-0.4, -0.2) is 30.4 Å². The maximum atomic E-state index is 12.5. The highest BCUT2D eigenvalue weighted by Crippen LogP contribution is 2.27. The van der Waals surface area contributed by atoms with E-state index in [4.69, 9.17) is 4.42 Å². The number of hydrogen-bond acceptors (Lipinski definition) is 3. The van der Waals surface area contributed by atoms with Crippen LogP contribution in [0.4, 0.5) is 0 Å².